The highest BCUT2D eigenvalue weighted by molar-refractivity contribution is 6.33. The summed E-state index contributed by atoms with van der Waals surface area (Å²) in [6.07, 6.45) is 0. The van der Waals surface area contributed by atoms with Gasteiger partial charge in [-0.25, -0.2) is 0 Å². The number of halogens is 3. The van der Waals surface area contributed by atoms with Crippen LogP contribution < -0.4 is 11.1 Å². The van der Waals surface area contributed by atoms with Crippen molar-refractivity contribution >= 4 is 46.4 Å². The van der Waals surface area contributed by atoms with E-state index in [0.717, 1.165) is 0 Å². The summed E-state index contributed by atoms with van der Waals surface area (Å²) in [5.41, 5.74) is 7.16. The third kappa shape index (κ3) is 10.0. The van der Waals surface area contributed by atoms with E-state index in [-0.39, 0.29) is 16.5 Å². The Hall–Kier alpha value is -2.82. The number of nitrogens with two attached hydrogens (primary N) is 1. The van der Waals surface area contributed by atoms with Crippen LogP contribution in [-0.4, -0.2) is 55.6 Å². The lowest BCUT2D eigenvalue weighted by atomic mass is 10.1. The quantitative estimate of drug-likeness (QED) is 0.235. The van der Waals surface area contributed by atoms with Crippen LogP contribution in [0.3, 0.4) is 0 Å². The standard InChI is InChI=1S/C12H10.C9H5Cl3N4.C4H11NO3/c1-3-7-11(8-4-1)12-9-5-2-6-10-12;10-5-3-1-2-4-6(5)13-9-15-7(11)14-8(12)16-9;5-4(1-6,2-7)3-8/h1-10H;1-4H,(H,13,14,15,16);6-8H,1-3,5H2. The lowest BCUT2D eigenvalue weighted by Crippen LogP contribution is -2.50. The lowest BCUT2D eigenvalue weighted by molar-refractivity contribution is 0.0698. The summed E-state index contributed by atoms with van der Waals surface area (Å²) in [6, 6.07) is 28.0. The summed E-state index contributed by atoms with van der Waals surface area (Å²) in [4.78, 5) is 11.4. The molecule has 1 heterocycles. The van der Waals surface area contributed by atoms with Crippen molar-refractivity contribution < 1.29 is 15.3 Å². The first-order valence-electron chi connectivity index (χ1n) is 10.6. The summed E-state index contributed by atoms with van der Waals surface area (Å²) < 4.78 is 0. The Morgan fingerprint density at radius 3 is 1.44 bits per heavy atom. The molecule has 0 radical (unpaired) electrons. The molecule has 0 fully saturated rings. The molecule has 0 aliphatic rings. The van der Waals surface area contributed by atoms with Crippen molar-refractivity contribution in [1.29, 1.82) is 0 Å². The third-order valence-electron chi connectivity index (χ3n) is 4.53. The van der Waals surface area contributed by atoms with Crippen LogP contribution in [0.15, 0.2) is 84.9 Å². The fourth-order valence-corrected chi connectivity index (χ4v) is 3.02. The number of aliphatic hydroxyl groups is 3. The molecular weight excluding hydrogens is 525 g/mol. The molecule has 0 aliphatic carbocycles. The molecule has 4 rings (SSSR count). The number of para-hydroxylation sites is 1. The smallest absolute Gasteiger partial charge is 0.232 e. The third-order valence-corrected chi connectivity index (χ3v) is 5.19. The van der Waals surface area contributed by atoms with Crippen LogP contribution in [0.2, 0.25) is 15.6 Å². The minimum atomic E-state index is -1.21. The van der Waals surface area contributed by atoms with E-state index in [1.165, 1.54) is 11.1 Å². The molecule has 0 unspecified atom stereocenters. The molecule has 0 saturated carbocycles. The van der Waals surface area contributed by atoms with E-state index in [4.69, 9.17) is 55.9 Å². The Morgan fingerprint density at radius 2 is 1.06 bits per heavy atom. The van der Waals surface area contributed by atoms with Crippen molar-refractivity contribution in [3.05, 3.63) is 101 Å². The molecule has 4 aromatic rings. The van der Waals surface area contributed by atoms with E-state index < -0.39 is 25.4 Å². The van der Waals surface area contributed by atoms with Gasteiger partial charge in [-0.05, 0) is 46.5 Å². The number of aliphatic hydroxyl groups excluding tert-OH is 3. The van der Waals surface area contributed by atoms with Crippen LogP contribution in [0, 0.1) is 0 Å². The van der Waals surface area contributed by atoms with Gasteiger partial charge in [0.2, 0.25) is 16.5 Å². The molecule has 0 saturated heterocycles. The molecule has 0 atom stereocenters. The van der Waals surface area contributed by atoms with Crippen molar-refractivity contribution in [2.24, 2.45) is 5.73 Å². The van der Waals surface area contributed by atoms with Gasteiger partial charge in [0.1, 0.15) is 0 Å². The van der Waals surface area contributed by atoms with Gasteiger partial charge in [0.25, 0.3) is 0 Å². The number of hydrogen-bond donors (Lipinski definition) is 5. The summed E-state index contributed by atoms with van der Waals surface area (Å²) in [6.45, 7) is -1.21. The number of hydrogen-bond acceptors (Lipinski definition) is 8. The Labute approximate surface area is 224 Å². The first kappa shape index (κ1) is 29.4. The normalized spacial score (nSPS) is 10.4. The predicted octanol–water partition coefficient (Wildman–Crippen LogP) is 4.59. The number of nitrogens with zero attached hydrogens (tertiary/aromatic N) is 3. The number of nitrogens with one attached hydrogen (secondary N) is 1. The van der Waals surface area contributed by atoms with Crippen LogP contribution >= 0.6 is 34.8 Å². The molecule has 0 aliphatic heterocycles. The summed E-state index contributed by atoms with van der Waals surface area (Å²) in [5, 5.41) is 28.5. The summed E-state index contributed by atoms with van der Waals surface area (Å²) in [7, 11) is 0. The van der Waals surface area contributed by atoms with E-state index >= 15 is 0 Å². The zero-order valence-electron chi connectivity index (χ0n) is 19.1. The second-order valence-electron chi connectivity index (χ2n) is 7.37. The summed E-state index contributed by atoms with van der Waals surface area (Å²) >= 11 is 17.2. The Bertz CT molecular complexity index is 1120. The minimum Gasteiger partial charge on any atom is -0.394 e. The van der Waals surface area contributed by atoms with Gasteiger partial charge in [-0.1, -0.05) is 84.4 Å². The molecule has 8 nitrogen and oxygen atoms in total. The number of aromatic nitrogens is 3. The van der Waals surface area contributed by atoms with Gasteiger partial charge in [0.05, 0.1) is 36.1 Å². The molecule has 6 N–H and O–H groups in total. The molecule has 190 valence electrons. The predicted molar refractivity (Wildman–Crippen MR) is 145 cm³/mol. The first-order valence-corrected chi connectivity index (χ1v) is 11.7. The van der Waals surface area contributed by atoms with Crippen molar-refractivity contribution in [3.63, 3.8) is 0 Å². The van der Waals surface area contributed by atoms with Gasteiger partial charge >= 0.3 is 0 Å². The fourth-order valence-electron chi connectivity index (χ4n) is 2.48. The zero-order valence-corrected chi connectivity index (χ0v) is 21.4. The second-order valence-corrected chi connectivity index (χ2v) is 8.45. The molecule has 0 bridgehead atoms. The maximum absolute atomic E-state index is 8.34. The molecule has 11 heteroatoms. The maximum Gasteiger partial charge on any atom is 0.232 e. The highest BCUT2D eigenvalue weighted by Gasteiger charge is 2.20. The van der Waals surface area contributed by atoms with Crippen molar-refractivity contribution in [1.82, 2.24) is 15.0 Å². The molecule has 1 aromatic heterocycles. The van der Waals surface area contributed by atoms with Gasteiger partial charge < -0.3 is 26.4 Å². The number of benzene rings is 3. The number of anilines is 2. The molecule has 0 amide bonds. The highest BCUT2D eigenvalue weighted by atomic mass is 35.5. The van der Waals surface area contributed by atoms with E-state index in [1.54, 1.807) is 12.1 Å². The van der Waals surface area contributed by atoms with Crippen LogP contribution in [0.4, 0.5) is 11.6 Å². The van der Waals surface area contributed by atoms with Gasteiger partial charge in [-0.3, -0.25) is 0 Å². The molecular formula is C25H26Cl3N5O3. The Kier molecular flexibility index (Phi) is 12.5. The van der Waals surface area contributed by atoms with Crippen LogP contribution in [0.5, 0.6) is 0 Å². The fraction of sp³-hybridized carbons (Fsp3) is 0.160. The van der Waals surface area contributed by atoms with E-state index in [2.05, 4.69) is 68.8 Å². The zero-order chi connectivity index (χ0) is 26.4. The highest BCUT2D eigenvalue weighted by Crippen LogP contribution is 2.23. The second kappa shape index (κ2) is 15.3. The monoisotopic (exact) mass is 549 g/mol. The molecule has 0 spiro atoms. The van der Waals surface area contributed by atoms with Crippen LogP contribution in [0.1, 0.15) is 0 Å². The van der Waals surface area contributed by atoms with E-state index in [1.807, 2.05) is 24.3 Å². The van der Waals surface area contributed by atoms with E-state index in [9.17, 15) is 0 Å². The first-order chi connectivity index (χ1) is 17.3. The average molecular weight is 551 g/mol. The minimum absolute atomic E-state index is 0.0227. The van der Waals surface area contributed by atoms with Crippen LogP contribution in [0.25, 0.3) is 11.1 Å². The summed E-state index contributed by atoms with van der Waals surface area (Å²) in [5.74, 6) is 0.248. The average Bonchev–Trinajstić information content (AvgIpc) is 2.91. The maximum atomic E-state index is 8.34. The lowest BCUT2D eigenvalue weighted by Gasteiger charge is -2.20. The van der Waals surface area contributed by atoms with Gasteiger partial charge in [0.15, 0.2) is 0 Å². The van der Waals surface area contributed by atoms with Crippen molar-refractivity contribution in [3.8, 4) is 11.1 Å². The molecule has 3 aromatic carbocycles. The Morgan fingerprint density at radius 1 is 0.639 bits per heavy atom. The number of rotatable bonds is 6. The van der Waals surface area contributed by atoms with Crippen molar-refractivity contribution in [2.75, 3.05) is 25.1 Å². The van der Waals surface area contributed by atoms with Crippen LogP contribution in [-0.2, 0) is 0 Å². The molecule has 36 heavy (non-hydrogen) atoms. The van der Waals surface area contributed by atoms with Gasteiger partial charge in [-0.2, -0.15) is 15.0 Å². The van der Waals surface area contributed by atoms with Gasteiger partial charge in [-0.15, -0.1) is 0 Å². The van der Waals surface area contributed by atoms with Crippen molar-refractivity contribution in [2.45, 2.75) is 5.54 Å². The Balaban J connectivity index is 0.000000202. The van der Waals surface area contributed by atoms with Gasteiger partial charge in [0, 0.05) is 0 Å². The topological polar surface area (TPSA) is 137 Å². The SMILES string of the molecule is Clc1nc(Cl)nc(Nc2ccccc2Cl)n1.NC(CO)(CO)CO.c1ccc(-c2ccccc2)cc1. The van der Waals surface area contributed by atoms with E-state index in [0.29, 0.717) is 10.7 Å². The largest absolute Gasteiger partial charge is 0.394 e.